The van der Waals surface area contributed by atoms with Gasteiger partial charge in [-0.3, -0.25) is 9.10 Å². The van der Waals surface area contributed by atoms with Crippen molar-refractivity contribution in [3.05, 3.63) is 53.6 Å². The minimum Gasteiger partial charge on any atom is -0.493 e. The highest BCUT2D eigenvalue weighted by molar-refractivity contribution is 7.92. The lowest BCUT2D eigenvalue weighted by Gasteiger charge is -2.24. The normalized spacial score (nSPS) is 12.2. The number of hydrogen-bond acceptors (Lipinski definition) is 5. The number of carbonyl (C=O) groups is 1. The standard InChI is InChI=1S/C20H24F2N2O5S/c1-5-16(13-6-9-18(28-2)19(10-13)29-3)23-20(25)12-24(30(4,26)27)17-8-7-14(21)11-15(17)22/h6-11,16H,5,12H2,1-4H3,(H,23,25). The van der Waals surface area contributed by atoms with E-state index in [0.717, 1.165) is 24.0 Å². The number of amides is 1. The summed E-state index contributed by atoms with van der Waals surface area (Å²) in [6, 6.07) is 7.17. The lowest BCUT2D eigenvalue weighted by atomic mass is 10.0. The number of carbonyl (C=O) groups excluding carboxylic acids is 1. The van der Waals surface area contributed by atoms with Crippen molar-refractivity contribution in [1.29, 1.82) is 0 Å². The first-order valence-electron chi connectivity index (χ1n) is 9.04. The molecule has 0 heterocycles. The second-order valence-corrected chi connectivity index (χ2v) is 8.41. The van der Waals surface area contributed by atoms with Gasteiger partial charge in [0, 0.05) is 6.07 Å². The van der Waals surface area contributed by atoms with Crippen LogP contribution in [0, 0.1) is 11.6 Å². The Hall–Kier alpha value is -2.88. The number of anilines is 1. The number of halogens is 2. The zero-order valence-corrected chi connectivity index (χ0v) is 17.9. The zero-order valence-electron chi connectivity index (χ0n) is 17.1. The maximum atomic E-state index is 14.1. The second kappa shape index (κ2) is 9.75. The molecule has 164 valence electrons. The lowest BCUT2D eigenvalue weighted by Crippen LogP contribution is -2.41. The van der Waals surface area contributed by atoms with E-state index in [1.54, 1.807) is 18.2 Å². The SMILES string of the molecule is CCC(NC(=O)CN(c1ccc(F)cc1F)S(C)(=O)=O)c1ccc(OC)c(OC)c1. The van der Waals surface area contributed by atoms with Gasteiger partial charge in [0.05, 0.1) is 32.2 Å². The van der Waals surface area contributed by atoms with Gasteiger partial charge in [-0.1, -0.05) is 13.0 Å². The molecule has 2 aromatic carbocycles. The highest BCUT2D eigenvalue weighted by atomic mass is 32.2. The molecule has 0 aromatic heterocycles. The van der Waals surface area contributed by atoms with Crippen molar-refractivity contribution in [3.8, 4) is 11.5 Å². The predicted octanol–water partition coefficient (Wildman–Crippen LogP) is 3.02. The summed E-state index contributed by atoms with van der Waals surface area (Å²) in [5.74, 6) is -1.58. The highest BCUT2D eigenvalue weighted by Crippen LogP contribution is 2.31. The van der Waals surface area contributed by atoms with Crippen LogP contribution in [0.5, 0.6) is 11.5 Å². The minimum atomic E-state index is -4.00. The molecule has 0 radical (unpaired) electrons. The lowest BCUT2D eigenvalue weighted by molar-refractivity contribution is -0.120. The topological polar surface area (TPSA) is 84.9 Å². The third kappa shape index (κ3) is 5.59. The first-order chi connectivity index (χ1) is 14.1. The third-order valence-corrected chi connectivity index (χ3v) is 5.55. The summed E-state index contributed by atoms with van der Waals surface area (Å²) in [4.78, 5) is 12.6. The molecule has 2 rings (SSSR count). The molecule has 0 aliphatic heterocycles. The fourth-order valence-corrected chi connectivity index (χ4v) is 3.78. The molecule has 0 aliphatic carbocycles. The van der Waals surface area contributed by atoms with Gasteiger partial charge >= 0.3 is 0 Å². The number of ether oxygens (including phenoxy) is 2. The Labute approximate surface area is 174 Å². The van der Waals surface area contributed by atoms with Gasteiger partial charge in [0.1, 0.15) is 18.2 Å². The van der Waals surface area contributed by atoms with Crippen LogP contribution in [0.3, 0.4) is 0 Å². The quantitative estimate of drug-likeness (QED) is 0.645. The zero-order chi connectivity index (χ0) is 22.5. The molecule has 0 saturated carbocycles. The predicted molar refractivity (Wildman–Crippen MR) is 109 cm³/mol. The number of nitrogens with zero attached hydrogens (tertiary/aromatic N) is 1. The van der Waals surface area contributed by atoms with Crippen molar-refractivity contribution in [1.82, 2.24) is 5.32 Å². The van der Waals surface area contributed by atoms with Gasteiger partial charge < -0.3 is 14.8 Å². The van der Waals surface area contributed by atoms with Gasteiger partial charge in [0.25, 0.3) is 0 Å². The molecule has 10 heteroatoms. The Morgan fingerprint density at radius 3 is 2.30 bits per heavy atom. The summed E-state index contributed by atoms with van der Waals surface area (Å²) >= 11 is 0. The van der Waals surface area contributed by atoms with E-state index in [1.165, 1.54) is 14.2 Å². The van der Waals surface area contributed by atoms with Crippen molar-refractivity contribution < 1.29 is 31.5 Å². The van der Waals surface area contributed by atoms with E-state index in [4.69, 9.17) is 9.47 Å². The average molecular weight is 442 g/mol. The summed E-state index contributed by atoms with van der Waals surface area (Å²) < 4.78 is 62.7. The van der Waals surface area contributed by atoms with Gasteiger partial charge in [-0.15, -0.1) is 0 Å². The van der Waals surface area contributed by atoms with Crippen molar-refractivity contribution in [2.75, 3.05) is 31.3 Å². The molecule has 2 aromatic rings. The molecule has 0 aliphatic rings. The smallest absolute Gasteiger partial charge is 0.241 e. The Morgan fingerprint density at radius 1 is 1.10 bits per heavy atom. The molecular weight excluding hydrogens is 418 g/mol. The van der Waals surface area contributed by atoms with E-state index in [2.05, 4.69) is 5.32 Å². The van der Waals surface area contributed by atoms with Crippen molar-refractivity contribution in [3.63, 3.8) is 0 Å². The summed E-state index contributed by atoms with van der Waals surface area (Å²) in [5.41, 5.74) is 0.315. The Kier molecular flexibility index (Phi) is 7.60. The fourth-order valence-electron chi connectivity index (χ4n) is 2.93. The van der Waals surface area contributed by atoms with Crippen molar-refractivity contribution in [2.24, 2.45) is 0 Å². The van der Waals surface area contributed by atoms with E-state index < -0.39 is 45.8 Å². The van der Waals surface area contributed by atoms with E-state index in [-0.39, 0.29) is 0 Å². The maximum absolute atomic E-state index is 14.1. The number of rotatable bonds is 9. The van der Waals surface area contributed by atoms with Crippen LogP contribution in [-0.2, 0) is 14.8 Å². The van der Waals surface area contributed by atoms with Crippen LogP contribution in [0.2, 0.25) is 0 Å². The molecular formula is C20H24F2N2O5S. The van der Waals surface area contributed by atoms with Gasteiger partial charge in [-0.2, -0.15) is 0 Å². The summed E-state index contributed by atoms with van der Waals surface area (Å²) in [6.45, 7) is 1.18. The molecule has 1 unspecified atom stereocenters. The van der Waals surface area contributed by atoms with Crippen LogP contribution in [0.15, 0.2) is 36.4 Å². The van der Waals surface area contributed by atoms with Gasteiger partial charge in [0.15, 0.2) is 11.5 Å². The minimum absolute atomic E-state index is 0.409. The van der Waals surface area contributed by atoms with Gasteiger partial charge in [0.2, 0.25) is 15.9 Å². The Balaban J connectivity index is 2.25. The number of hydrogen-bond donors (Lipinski definition) is 1. The van der Waals surface area contributed by atoms with Crippen LogP contribution >= 0.6 is 0 Å². The van der Waals surface area contributed by atoms with Gasteiger partial charge in [-0.25, -0.2) is 17.2 Å². The molecule has 1 N–H and O–H groups in total. The van der Waals surface area contributed by atoms with Crippen LogP contribution in [-0.4, -0.2) is 41.3 Å². The molecule has 0 saturated heterocycles. The van der Waals surface area contributed by atoms with Crippen LogP contribution < -0.4 is 19.1 Å². The molecule has 0 bridgehead atoms. The molecule has 1 atom stereocenters. The van der Waals surface area contributed by atoms with E-state index in [1.807, 2.05) is 6.92 Å². The summed E-state index contributed by atoms with van der Waals surface area (Å²) in [6.07, 6.45) is 1.35. The van der Waals surface area contributed by atoms with Crippen molar-refractivity contribution in [2.45, 2.75) is 19.4 Å². The maximum Gasteiger partial charge on any atom is 0.241 e. The number of methoxy groups -OCH3 is 2. The average Bonchev–Trinajstić information content (AvgIpc) is 2.69. The molecule has 0 spiro atoms. The third-order valence-electron chi connectivity index (χ3n) is 4.42. The number of sulfonamides is 1. The second-order valence-electron chi connectivity index (χ2n) is 6.51. The van der Waals surface area contributed by atoms with Gasteiger partial charge in [-0.05, 0) is 36.2 Å². The summed E-state index contributed by atoms with van der Waals surface area (Å²) in [7, 11) is -1.01. The largest absolute Gasteiger partial charge is 0.493 e. The molecule has 7 nitrogen and oxygen atoms in total. The first-order valence-corrected chi connectivity index (χ1v) is 10.9. The highest BCUT2D eigenvalue weighted by Gasteiger charge is 2.25. The fraction of sp³-hybridized carbons (Fsp3) is 0.350. The monoisotopic (exact) mass is 442 g/mol. The summed E-state index contributed by atoms with van der Waals surface area (Å²) in [5, 5.41) is 2.74. The molecule has 30 heavy (non-hydrogen) atoms. The molecule has 0 fully saturated rings. The van der Waals surface area contributed by atoms with Crippen molar-refractivity contribution >= 4 is 21.6 Å². The van der Waals surface area contributed by atoms with E-state index in [0.29, 0.717) is 28.3 Å². The van der Waals surface area contributed by atoms with Crippen LogP contribution in [0.25, 0.3) is 0 Å². The number of benzene rings is 2. The van der Waals surface area contributed by atoms with Crippen LogP contribution in [0.1, 0.15) is 24.9 Å². The Bertz CT molecular complexity index is 1010. The van der Waals surface area contributed by atoms with E-state index in [9.17, 15) is 22.0 Å². The Morgan fingerprint density at radius 2 is 1.77 bits per heavy atom. The molecule has 1 amide bonds. The van der Waals surface area contributed by atoms with E-state index >= 15 is 0 Å². The van der Waals surface area contributed by atoms with Crippen LogP contribution in [0.4, 0.5) is 14.5 Å². The number of nitrogens with one attached hydrogen (secondary N) is 1. The first kappa shape index (κ1) is 23.4.